The smallest absolute Gasteiger partial charge is 0.413 e. The van der Waals surface area contributed by atoms with Gasteiger partial charge in [-0.25, -0.2) is 4.79 Å². The molecular weight excluding hydrogens is 443 g/mol. The number of likely N-dealkylation sites (N-methyl/N-ethyl adjacent to an activating group) is 2. The molecule has 7 nitrogen and oxygen atoms in total. The molecule has 0 radical (unpaired) electrons. The van der Waals surface area contributed by atoms with E-state index < -0.39 is 30.4 Å². The Labute approximate surface area is 195 Å². The van der Waals surface area contributed by atoms with E-state index in [0.29, 0.717) is 30.0 Å². The molecule has 0 heterocycles. The van der Waals surface area contributed by atoms with Crippen LogP contribution >= 0.6 is 24.0 Å². The van der Waals surface area contributed by atoms with Gasteiger partial charge in [0.1, 0.15) is 11.6 Å². The summed E-state index contributed by atoms with van der Waals surface area (Å²) in [6, 6.07) is 6.55. The van der Waals surface area contributed by atoms with Gasteiger partial charge in [-0.15, -0.1) is 12.4 Å². The highest BCUT2D eigenvalue weighted by Crippen LogP contribution is 2.42. The number of carbonyl (C=O) groups excluding carboxylic acids is 3. The maximum Gasteiger partial charge on any atom is 0.413 e. The number of carbonyl (C=O) groups is 3. The van der Waals surface area contributed by atoms with Gasteiger partial charge in [0.05, 0.1) is 0 Å². The van der Waals surface area contributed by atoms with Crippen molar-refractivity contribution in [2.24, 2.45) is 5.92 Å². The van der Waals surface area contributed by atoms with Crippen LogP contribution < -0.4 is 5.32 Å². The highest BCUT2D eigenvalue weighted by Gasteiger charge is 2.48. The van der Waals surface area contributed by atoms with Gasteiger partial charge >= 0.3 is 12.1 Å². The zero-order valence-electron chi connectivity index (χ0n) is 18.5. The Morgan fingerprint density at radius 3 is 2.48 bits per heavy atom. The van der Waals surface area contributed by atoms with E-state index in [2.05, 4.69) is 5.32 Å². The van der Waals surface area contributed by atoms with Crippen molar-refractivity contribution in [1.82, 2.24) is 10.2 Å². The number of Topliss-reactive ketones (excluding diaryl/α,β-unsaturated/α-hetero) is 1. The average Bonchev–Trinajstić information content (AvgIpc) is 2.72. The first-order chi connectivity index (χ1) is 14.3. The van der Waals surface area contributed by atoms with E-state index >= 15 is 0 Å². The molecule has 0 saturated heterocycles. The number of hydrogen-bond donors (Lipinski definition) is 1. The largest absolute Gasteiger partial charge is 0.427 e. The van der Waals surface area contributed by atoms with Crippen molar-refractivity contribution < 1.29 is 23.9 Å². The van der Waals surface area contributed by atoms with Crippen molar-refractivity contribution in [2.75, 3.05) is 20.4 Å². The van der Waals surface area contributed by atoms with E-state index in [1.54, 1.807) is 24.3 Å². The van der Waals surface area contributed by atoms with Gasteiger partial charge in [0.25, 0.3) is 0 Å². The van der Waals surface area contributed by atoms with Gasteiger partial charge in [-0.3, -0.25) is 14.5 Å². The van der Waals surface area contributed by atoms with Gasteiger partial charge in [-0.2, -0.15) is 0 Å². The van der Waals surface area contributed by atoms with E-state index in [4.69, 9.17) is 21.1 Å². The molecule has 31 heavy (non-hydrogen) atoms. The summed E-state index contributed by atoms with van der Waals surface area (Å²) >= 11 is 6.39. The van der Waals surface area contributed by atoms with Gasteiger partial charge in [-0.05, 0) is 37.8 Å². The van der Waals surface area contributed by atoms with Crippen LogP contribution in [0.25, 0.3) is 0 Å². The Morgan fingerprint density at radius 2 is 1.90 bits per heavy atom. The first-order valence-corrected chi connectivity index (χ1v) is 10.7. The minimum absolute atomic E-state index is 0. The lowest BCUT2D eigenvalue weighted by molar-refractivity contribution is -0.157. The van der Waals surface area contributed by atoms with Crippen LogP contribution in [0, 0.1) is 5.92 Å². The summed E-state index contributed by atoms with van der Waals surface area (Å²) in [4.78, 5) is 39.4. The van der Waals surface area contributed by atoms with E-state index in [1.807, 2.05) is 20.8 Å². The van der Waals surface area contributed by atoms with Gasteiger partial charge in [-0.1, -0.05) is 50.6 Å². The second-order valence-electron chi connectivity index (χ2n) is 7.80. The molecule has 1 amide bonds. The topological polar surface area (TPSA) is 84.9 Å². The third-order valence-electron chi connectivity index (χ3n) is 5.55. The molecule has 2 atom stereocenters. The molecule has 0 aliphatic heterocycles. The van der Waals surface area contributed by atoms with E-state index in [-0.39, 0.29) is 24.1 Å². The van der Waals surface area contributed by atoms with Crippen LogP contribution in [0.1, 0.15) is 52.0 Å². The molecule has 2 rings (SSSR count). The van der Waals surface area contributed by atoms with Crippen molar-refractivity contribution in [3.8, 4) is 0 Å². The number of ether oxygens (including phenoxy) is 2. The van der Waals surface area contributed by atoms with E-state index in [0.717, 1.165) is 12.8 Å². The molecule has 0 spiro atoms. The average molecular weight is 475 g/mol. The molecule has 1 aliphatic rings. The van der Waals surface area contributed by atoms with Gasteiger partial charge < -0.3 is 14.8 Å². The number of halogens is 2. The first kappa shape index (κ1) is 27.2. The Bertz CT molecular complexity index is 774. The summed E-state index contributed by atoms with van der Waals surface area (Å²) in [6.45, 7) is 5.78. The standard InChI is InChI=1S/C22H31ClN2O5.ClH/c1-5-24-19(15(2)3)20(27)29-14-30-21(28)25(4)22(13-9-8-12-18(22)26)16-10-6-7-11-17(16)23;/h6-7,10-11,15,19,24H,5,8-9,12-14H2,1-4H3;1H/t19-,22-;/m0./s1. The predicted molar refractivity (Wildman–Crippen MR) is 121 cm³/mol. The third kappa shape index (κ3) is 6.11. The number of ketones is 1. The van der Waals surface area contributed by atoms with Crippen LogP contribution in [0.5, 0.6) is 0 Å². The van der Waals surface area contributed by atoms with Crippen LogP contribution in [0.15, 0.2) is 24.3 Å². The summed E-state index contributed by atoms with van der Waals surface area (Å²) < 4.78 is 10.3. The number of benzene rings is 1. The first-order valence-electron chi connectivity index (χ1n) is 10.3. The van der Waals surface area contributed by atoms with Crippen molar-refractivity contribution in [2.45, 2.75) is 58.0 Å². The molecule has 0 unspecified atom stereocenters. The Morgan fingerprint density at radius 1 is 1.23 bits per heavy atom. The summed E-state index contributed by atoms with van der Waals surface area (Å²) in [7, 11) is 1.52. The van der Waals surface area contributed by atoms with E-state index in [9.17, 15) is 14.4 Å². The summed E-state index contributed by atoms with van der Waals surface area (Å²) in [5.74, 6) is -0.540. The lowest BCUT2D eigenvalue weighted by Gasteiger charge is -2.43. The fourth-order valence-corrected chi connectivity index (χ4v) is 4.21. The maximum absolute atomic E-state index is 13.0. The quantitative estimate of drug-likeness (QED) is 0.446. The van der Waals surface area contributed by atoms with Crippen LogP contribution in [0.2, 0.25) is 5.02 Å². The zero-order chi connectivity index (χ0) is 22.3. The number of nitrogens with one attached hydrogen (secondary N) is 1. The van der Waals surface area contributed by atoms with E-state index in [1.165, 1.54) is 11.9 Å². The van der Waals surface area contributed by atoms with Gasteiger partial charge in [0.15, 0.2) is 5.78 Å². The lowest BCUT2D eigenvalue weighted by atomic mass is 9.74. The fourth-order valence-electron chi connectivity index (χ4n) is 3.92. The molecule has 1 aromatic rings. The number of esters is 1. The minimum atomic E-state index is -1.19. The number of rotatable bonds is 8. The molecule has 1 saturated carbocycles. The normalized spacial score (nSPS) is 19.4. The predicted octanol–water partition coefficient (Wildman–Crippen LogP) is 4.30. The molecule has 0 bridgehead atoms. The SMILES string of the molecule is CCN[C@H](C(=O)OCOC(=O)N(C)[C@]1(c2ccccc2Cl)CCCCC1=O)C(C)C.Cl. The summed E-state index contributed by atoms with van der Waals surface area (Å²) in [5, 5.41) is 3.47. The summed E-state index contributed by atoms with van der Waals surface area (Å²) in [5.41, 5.74) is -0.609. The number of hydrogen-bond acceptors (Lipinski definition) is 6. The summed E-state index contributed by atoms with van der Waals surface area (Å²) in [6.07, 6.45) is 1.62. The Balaban J connectivity index is 0.00000480. The fraction of sp³-hybridized carbons (Fsp3) is 0.591. The zero-order valence-corrected chi connectivity index (χ0v) is 20.1. The van der Waals surface area contributed by atoms with Crippen molar-refractivity contribution in [1.29, 1.82) is 0 Å². The molecule has 1 fully saturated rings. The van der Waals surface area contributed by atoms with Crippen molar-refractivity contribution in [3.63, 3.8) is 0 Å². The minimum Gasteiger partial charge on any atom is -0.427 e. The molecule has 9 heteroatoms. The van der Waals surface area contributed by atoms with Gasteiger partial charge in [0.2, 0.25) is 6.79 Å². The molecule has 174 valence electrons. The second-order valence-corrected chi connectivity index (χ2v) is 8.21. The number of nitrogens with zero attached hydrogens (tertiary/aromatic N) is 1. The molecule has 1 aliphatic carbocycles. The van der Waals surface area contributed by atoms with Crippen LogP contribution in [0.4, 0.5) is 4.79 Å². The molecular formula is C22H32Cl2N2O5. The monoisotopic (exact) mass is 474 g/mol. The Hall–Kier alpha value is -1.83. The Kier molecular flexibility index (Phi) is 10.8. The highest BCUT2D eigenvalue weighted by atomic mass is 35.5. The maximum atomic E-state index is 13.0. The third-order valence-corrected chi connectivity index (χ3v) is 5.88. The molecule has 0 aromatic heterocycles. The van der Waals surface area contributed by atoms with Gasteiger partial charge in [0, 0.05) is 24.1 Å². The number of amides is 1. The van der Waals surface area contributed by atoms with Crippen LogP contribution in [-0.2, 0) is 24.6 Å². The lowest BCUT2D eigenvalue weighted by Crippen LogP contribution is -2.54. The van der Waals surface area contributed by atoms with Crippen molar-refractivity contribution in [3.05, 3.63) is 34.9 Å². The molecule has 1 aromatic carbocycles. The van der Waals surface area contributed by atoms with Crippen LogP contribution in [-0.4, -0.2) is 49.2 Å². The van der Waals surface area contributed by atoms with Crippen LogP contribution in [0.3, 0.4) is 0 Å². The van der Waals surface area contributed by atoms with Crippen molar-refractivity contribution >= 4 is 41.9 Å². The second kappa shape index (κ2) is 12.3. The molecule has 1 N–H and O–H groups in total. The highest BCUT2D eigenvalue weighted by molar-refractivity contribution is 6.31.